The average Bonchev–Trinajstić information content (AvgIpc) is 2.75. The average molecular weight is 253 g/mol. The van der Waals surface area contributed by atoms with E-state index in [0.29, 0.717) is 0 Å². The first kappa shape index (κ1) is 11.4. The highest BCUT2D eigenvalue weighted by Crippen LogP contribution is 2.30. The van der Waals surface area contributed by atoms with E-state index in [2.05, 4.69) is 17.2 Å². The van der Waals surface area contributed by atoms with Crippen LogP contribution in [0.5, 0.6) is 0 Å². The van der Waals surface area contributed by atoms with Gasteiger partial charge in [0.25, 0.3) is 0 Å². The molecule has 0 spiro atoms. The zero-order valence-corrected chi connectivity index (χ0v) is 10.6. The predicted octanol–water partition coefficient (Wildman–Crippen LogP) is 4.29. The summed E-state index contributed by atoms with van der Waals surface area (Å²) in [6.45, 7) is 3.09. The van der Waals surface area contributed by atoms with E-state index in [1.54, 1.807) is 11.3 Å². The van der Waals surface area contributed by atoms with Crippen molar-refractivity contribution < 1.29 is 0 Å². The van der Waals surface area contributed by atoms with Crippen LogP contribution in [0.15, 0.2) is 29.6 Å². The van der Waals surface area contributed by atoms with Gasteiger partial charge in [-0.15, -0.1) is 11.3 Å². The standard InChI is InChI=1S/C12H13ClN2S/c1-2-7-14-12-15-11(8-16-12)9-5-3-4-6-10(9)13/h3-6,8H,2,7H2,1H3,(H,14,15). The molecular formula is C12H13ClN2S. The van der Waals surface area contributed by atoms with Crippen molar-refractivity contribution in [3.63, 3.8) is 0 Å². The Morgan fingerprint density at radius 2 is 2.19 bits per heavy atom. The van der Waals surface area contributed by atoms with Crippen LogP contribution in [0.2, 0.25) is 5.02 Å². The van der Waals surface area contributed by atoms with Crippen LogP contribution >= 0.6 is 22.9 Å². The molecule has 84 valence electrons. The van der Waals surface area contributed by atoms with E-state index in [-0.39, 0.29) is 0 Å². The molecule has 0 saturated heterocycles. The summed E-state index contributed by atoms with van der Waals surface area (Å²) in [4.78, 5) is 4.50. The van der Waals surface area contributed by atoms with Gasteiger partial charge in [0.05, 0.1) is 5.69 Å². The van der Waals surface area contributed by atoms with Crippen LogP contribution in [0.25, 0.3) is 11.3 Å². The van der Waals surface area contributed by atoms with Gasteiger partial charge in [-0.05, 0) is 12.5 Å². The molecule has 2 rings (SSSR count). The topological polar surface area (TPSA) is 24.9 Å². The molecule has 2 aromatic rings. The maximum Gasteiger partial charge on any atom is 0.183 e. The molecule has 0 atom stereocenters. The Balaban J connectivity index is 2.22. The van der Waals surface area contributed by atoms with Gasteiger partial charge in [-0.25, -0.2) is 4.98 Å². The fourth-order valence-electron chi connectivity index (χ4n) is 1.38. The molecule has 1 N–H and O–H groups in total. The first-order chi connectivity index (χ1) is 7.81. The molecule has 4 heteroatoms. The SMILES string of the molecule is CCCNc1nc(-c2ccccc2Cl)cs1. The number of nitrogens with one attached hydrogen (secondary N) is 1. The lowest BCUT2D eigenvalue weighted by Crippen LogP contribution is -1.98. The smallest absolute Gasteiger partial charge is 0.183 e. The van der Waals surface area contributed by atoms with Gasteiger partial charge >= 0.3 is 0 Å². The minimum absolute atomic E-state index is 0.745. The Hall–Kier alpha value is -1.06. The highest BCUT2D eigenvalue weighted by molar-refractivity contribution is 7.14. The number of hydrogen-bond donors (Lipinski definition) is 1. The first-order valence-corrected chi connectivity index (χ1v) is 6.51. The van der Waals surface area contributed by atoms with Crippen molar-refractivity contribution in [3.8, 4) is 11.3 Å². The normalized spacial score (nSPS) is 10.4. The van der Waals surface area contributed by atoms with Crippen molar-refractivity contribution in [1.29, 1.82) is 0 Å². The zero-order valence-electron chi connectivity index (χ0n) is 9.03. The van der Waals surface area contributed by atoms with Gasteiger partial charge in [0.15, 0.2) is 5.13 Å². The van der Waals surface area contributed by atoms with E-state index >= 15 is 0 Å². The van der Waals surface area contributed by atoms with Crippen LogP contribution in [-0.4, -0.2) is 11.5 Å². The lowest BCUT2D eigenvalue weighted by molar-refractivity contribution is 0.976. The second-order valence-electron chi connectivity index (χ2n) is 3.44. The van der Waals surface area contributed by atoms with E-state index in [4.69, 9.17) is 11.6 Å². The molecule has 0 aliphatic rings. The highest BCUT2D eigenvalue weighted by Gasteiger charge is 2.06. The van der Waals surface area contributed by atoms with Crippen LogP contribution in [0.1, 0.15) is 13.3 Å². The maximum atomic E-state index is 6.12. The van der Waals surface area contributed by atoms with E-state index < -0.39 is 0 Å². The highest BCUT2D eigenvalue weighted by atomic mass is 35.5. The number of rotatable bonds is 4. The Kier molecular flexibility index (Phi) is 3.80. The third kappa shape index (κ3) is 2.54. The van der Waals surface area contributed by atoms with Gasteiger partial charge in [-0.1, -0.05) is 36.7 Å². The molecule has 1 aromatic carbocycles. The summed E-state index contributed by atoms with van der Waals surface area (Å²) in [5.41, 5.74) is 1.93. The van der Waals surface area contributed by atoms with Gasteiger partial charge in [0.2, 0.25) is 0 Å². The fourth-order valence-corrected chi connectivity index (χ4v) is 2.35. The van der Waals surface area contributed by atoms with Crippen molar-refractivity contribution >= 4 is 28.1 Å². The van der Waals surface area contributed by atoms with Crippen molar-refractivity contribution in [2.45, 2.75) is 13.3 Å². The van der Waals surface area contributed by atoms with E-state index in [1.165, 1.54) is 0 Å². The van der Waals surface area contributed by atoms with E-state index in [9.17, 15) is 0 Å². The fraction of sp³-hybridized carbons (Fsp3) is 0.250. The van der Waals surface area contributed by atoms with Crippen LogP contribution in [0.4, 0.5) is 5.13 Å². The molecule has 0 saturated carbocycles. The summed E-state index contributed by atoms with van der Waals surface area (Å²) in [6, 6.07) is 7.77. The van der Waals surface area contributed by atoms with Crippen LogP contribution in [0.3, 0.4) is 0 Å². The van der Waals surface area contributed by atoms with Crippen LogP contribution in [-0.2, 0) is 0 Å². The summed E-state index contributed by atoms with van der Waals surface area (Å²) in [6.07, 6.45) is 1.10. The number of nitrogens with zero attached hydrogens (tertiary/aromatic N) is 1. The summed E-state index contributed by atoms with van der Waals surface area (Å²) >= 11 is 7.73. The number of halogens is 1. The van der Waals surface area contributed by atoms with Gasteiger partial charge in [-0.2, -0.15) is 0 Å². The number of thiazole rings is 1. The largest absolute Gasteiger partial charge is 0.362 e. The summed E-state index contributed by atoms with van der Waals surface area (Å²) < 4.78 is 0. The molecule has 0 bridgehead atoms. The molecule has 2 nitrogen and oxygen atoms in total. The molecule has 0 unspecified atom stereocenters. The lowest BCUT2D eigenvalue weighted by atomic mass is 10.2. The number of anilines is 1. The molecule has 0 aliphatic heterocycles. The number of benzene rings is 1. The minimum atomic E-state index is 0.745. The Bertz CT molecular complexity index is 468. The third-order valence-electron chi connectivity index (χ3n) is 2.18. The summed E-state index contributed by atoms with van der Waals surface area (Å²) in [7, 11) is 0. The quantitative estimate of drug-likeness (QED) is 0.878. The molecule has 1 heterocycles. The van der Waals surface area contributed by atoms with Crippen molar-refractivity contribution in [1.82, 2.24) is 4.98 Å². The number of hydrogen-bond acceptors (Lipinski definition) is 3. The second kappa shape index (κ2) is 5.32. The van der Waals surface area contributed by atoms with E-state index in [1.807, 2.05) is 29.6 Å². The van der Waals surface area contributed by atoms with Crippen LogP contribution in [0, 0.1) is 0 Å². The van der Waals surface area contributed by atoms with Gasteiger partial charge in [0.1, 0.15) is 0 Å². The first-order valence-electron chi connectivity index (χ1n) is 5.25. The second-order valence-corrected chi connectivity index (χ2v) is 4.71. The van der Waals surface area contributed by atoms with Crippen molar-refractivity contribution in [3.05, 3.63) is 34.7 Å². The van der Waals surface area contributed by atoms with Crippen LogP contribution < -0.4 is 5.32 Å². The Morgan fingerprint density at radius 3 is 2.94 bits per heavy atom. The number of aromatic nitrogens is 1. The minimum Gasteiger partial charge on any atom is -0.362 e. The molecule has 0 radical (unpaired) electrons. The Labute approximate surface area is 104 Å². The predicted molar refractivity (Wildman–Crippen MR) is 71.3 cm³/mol. The molecular weight excluding hydrogens is 240 g/mol. The van der Waals surface area contributed by atoms with Gasteiger partial charge in [-0.3, -0.25) is 0 Å². The van der Waals surface area contributed by atoms with Crippen molar-refractivity contribution in [2.24, 2.45) is 0 Å². The van der Waals surface area contributed by atoms with E-state index in [0.717, 1.165) is 34.4 Å². The summed E-state index contributed by atoms with van der Waals surface area (Å²) in [5.74, 6) is 0. The van der Waals surface area contributed by atoms with Gasteiger partial charge in [0, 0.05) is 22.5 Å². The monoisotopic (exact) mass is 252 g/mol. The third-order valence-corrected chi connectivity index (χ3v) is 3.31. The molecule has 16 heavy (non-hydrogen) atoms. The maximum absolute atomic E-state index is 6.12. The molecule has 1 aromatic heterocycles. The Morgan fingerprint density at radius 1 is 1.38 bits per heavy atom. The lowest BCUT2D eigenvalue weighted by Gasteiger charge is -2.00. The summed E-state index contributed by atoms with van der Waals surface area (Å²) in [5, 5.41) is 7.00. The van der Waals surface area contributed by atoms with Gasteiger partial charge < -0.3 is 5.32 Å². The molecule has 0 aliphatic carbocycles. The zero-order chi connectivity index (χ0) is 11.4. The molecule has 0 amide bonds. The molecule has 0 fully saturated rings. The van der Waals surface area contributed by atoms with Crippen molar-refractivity contribution in [2.75, 3.05) is 11.9 Å².